The molecule has 6 nitrogen and oxygen atoms in total. The third-order valence-corrected chi connectivity index (χ3v) is 3.47. The fourth-order valence-electron chi connectivity index (χ4n) is 2.55. The predicted molar refractivity (Wildman–Crippen MR) is 70.1 cm³/mol. The Morgan fingerprint density at radius 3 is 3.05 bits per heavy atom. The van der Waals surface area contributed by atoms with Crippen LogP contribution in [0.15, 0.2) is 18.2 Å². The lowest BCUT2D eigenvalue weighted by Gasteiger charge is -2.25. The lowest BCUT2D eigenvalue weighted by molar-refractivity contribution is -0.122. The van der Waals surface area contributed by atoms with E-state index in [1.165, 1.54) is 0 Å². The first-order valence-corrected chi connectivity index (χ1v) is 6.14. The Labute approximate surface area is 109 Å². The third kappa shape index (κ3) is 1.80. The number of nitrogens with two attached hydrogens (primary N) is 1. The molecule has 3 N–H and O–H groups in total. The number of amides is 1. The number of imidazole rings is 1. The number of aromatic nitrogens is 2. The molecule has 1 aromatic carbocycles. The minimum absolute atomic E-state index is 0.0666. The van der Waals surface area contributed by atoms with E-state index in [2.05, 4.69) is 16.4 Å². The minimum atomic E-state index is 0.0666. The fourth-order valence-corrected chi connectivity index (χ4v) is 2.55. The maximum Gasteiger partial charge on any atom is 0.220 e. The van der Waals surface area contributed by atoms with Crippen LogP contribution in [0.25, 0.3) is 11.0 Å². The molecule has 1 saturated heterocycles. The van der Waals surface area contributed by atoms with Crippen LogP contribution < -0.4 is 11.1 Å². The Balaban J connectivity index is 2.11. The first-order chi connectivity index (χ1) is 9.20. The second-order valence-corrected chi connectivity index (χ2v) is 4.62. The van der Waals surface area contributed by atoms with Gasteiger partial charge in [-0.25, -0.2) is 4.98 Å². The zero-order valence-electron chi connectivity index (χ0n) is 10.3. The molecule has 1 aliphatic rings. The van der Waals surface area contributed by atoms with Crippen molar-refractivity contribution in [3.8, 4) is 6.07 Å². The van der Waals surface area contributed by atoms with Gasteiger partial charge in [0.25, 0.3) is 0 Å². The molecule has 1 aromatic heterocycles. The number of hydrogen-bond acceptors (Lipinski definition) is 4. The van der Waals surface area contributed by atoms with Gasteiger partial charge in [-0.3, -0.25) is 4.79 Å². The van der Waals surface area contributed by atoms with E-state index in [9.17, 15) is 4.79 Å². The van der Waals surface area contributed by atoms with E-state index in [1.54, 1.807) is 6.07 Å². The molecule has 1 atom stereocenters. The molecule has 6 heteroatoms. The molecule has 0 radical (unpaired) electrons. The van der Waals surface area contributed by atoms with E-state index in [4.69, 9.17) is 11.0 Å². The van der Waals surface area contributed by atoms with Gasteiger partial charge in [0, 0.05) is 13.0 Å². The highest BCUT2D eigenvalue weighted by atomic mass is 16.1. The van der Waals surface area contributed by atoms with Gasteiger partial charge in [-0.05, 0) is 18.6 Å². The van der Waals surface area contributed by atoms with Gasteiger partial charge in [-0.15, -0.1) is 0 Å². The molecule has 2 aromatic rings. The topological polar surface area (TPSA) is 96.7 Å². The summed E-state index contributed by atoms with van der Waals surface area (Å²) >= 11 is 0. The van der Waals surface area contributed by atoms with E-state index < -0.39 is 0 Å². The number of nitrogens with one attached hydrogen (secondary N) is 1. The van der Waals surface area contributed by atoms with E-state index in [0.717, 1.165) is 11.9 Å². The van der Waals surface area contributed by atoms with Crippen molar-refractivity contribution in [2.75, 3.05) is 12.3 Å². The van der Waals surface area contributed by atoms with Crippen molar-refractivity contribution in [3.63, 3.8) is 0 Å². The van der Waals surface area contributed by atoms with Crippen LogP contribution >= 0.6 is 0 Å². The highest BCUT2D eigenvalue weighted by Gasteiger charge is 2.23. The summed E-state index contributed by atoms with van der Waals surface area (Å²) in [4.78, 5) is 15.5. The zero-order valence-corrected chi connectivity index (χ0v) is 10.3. The van der Waals surface area contributed by atoms with Crippen molar-refractivity contribution < 1.29 is 4.79 Å². The molecule has 0 saturated carbocycles. The van der Waals surface area contributed by atoms with Crippen molar-refractivity contribution in [1.29, 1.82) is 5.26 Å². The number of piperidine rings is 1. The van der Waals surface area contributed by atoms with Crippen LogP contribution in [0.4, 0.5) is 5.95 Å². The highest BCUT2D eigenvalue weighted by Crippen LogP contribution is 2.28. The summed E-state index contributed by atoms with van der Waals surface area (Å²) in [5.74, 6) is 0.454. The van der Waals surface area contributed by atoms with Crippen LogP contribution in [0.5, 0.6) is 0 Å². The number of fused-ring (bicyclic) bond motifs is 1. The summed E-state index contributed by atoms with van der Waals surface area (Å²) in [6, 6.07) is 7.66. The van der Waals surface area contributed by atoms with E-state index in [-0.39, 0.29) is 11.9 Å². The molecular weight excluding hydrogens is 242 g/mol. The first kappa shape index (κ1) is 11.5. The number of nitrogen functional groups attached to an aromatic ring is 1. The second kappa shape index (κ2) is 4.28. The van der Waals surface area contributed by atoms with Crippen LogP contribution in [0.3, 0.4) is 0 Å². The van der Waals surface area contributed by atoms with Crippen molar-refractivity contribution in [2.24, 2.45) is 0 Å². The lowest BCUT2D eigenvalue weighted by atomic mass is 10.1. The van der Waals surface area contributed by atoms with Gasteiger partial charge in [-0.1, -0.05) is 6.07 Å². The lowest BCUT2D eigenvalue weighted by Crippen LogP contribution is -2.36. The smallest absolute Gasteiger partial charge is 0.220 e. The summed E-state index contributed by atoms with van der Waals surface area (Å²) < 4.78 is 1.91. The predicted octanol–water partition coefficient (Wildman–Crippen LogP) is 0.941. The molecular formula is C13H13N5O. The normalized spacial score (nSPS) is 19.1. The number of nitrogens with zero attached hydrogens (tertiary/aromatic N) is 3. The van der Waals surface area contributed by atoms with Crippen molar-refractivity contribution in [1.82, 2.24) is 14.9 Å². The molecule has 0 aliphatic carbocycles. The Morgan fingerprint density at radius 1 is 1.53 bits per heavy atom. The van der Waals surface area contributed by atoms with Crippen molar-refractivity contribution in [3.05, 3.63) is 23.8 Å². The van der Waals surface area contributed by atoms with Crippen LogP contribution in [-0.2, 0) is 4.79 Å². The average Bonchev–Trinajstić information content (AvgIpc) is 2.76. The number of para-hydroxylation sites is 1. The van der Waals surface area contributed by atoms with Gasteiger partial charge < -0.3 is 15.6 Å². The number of anilines is 1. The molecule has 19 heavy (non-hydrogen) atoms. The van der Waals surface area contributed by atoms with Gasteiger partial charge in [0.1, 0.15) is 11.6 Å². The van der Waals surface area contributed by atoms with Crippen molar-refractivity contribution in [2.45, 2.75) is 18.9 Å². The van der Waals surface area contributed by atoms with Crippen LogP contribution in [-0.4, -0.2) is 22.0 Å². The minimum Gasteiger partial charge on any atom is -0.369 e. The second-order valence-electron chi connectivity index (χ2n) is 4.62. The summed E-state index contributed by atoms with van der Waals surface area (Å²) in [5.41, 5.74) is 7.96. The molecule has 3 rings (SSSR count). The zero-order chi connectivity index (χ0) is 13.4. The average molecular weight is 255 g/mol. The third-order valence-electron chi connectivity index (χ3n) is 3.47. The standard InChI is InChI=1S/C13H13N5O/c14-6-8-2-1-3-10-12(8)17-13(15)18(10)9-4-5-11(19)16-7-9/h1-3,9H,4-5,7H2,(H2,15,17)(H,16,19). The molecule has 1 unspecified atom stereocenters. The van der Waals surface area contributed by atoms with Crippen LogP contribution in [0.1, 0.15) is 24.4 Å². The van der Waals surface area contributed by atoms with E-state index in [1.807, 2.05) is 16.7 Å². The molecule has 1 amide bonds. The number of carbonyl (C=O) groups excluding carboxylic acids is 1. The summed E-state index contributed by atoms with van der Waals surface area (Å²) in [5, 5.41) is 11.9. The Bertz CT molecular complexity index is 687. The van der Waals surface area contributed by atoms with Crippen LogP contribution in [0.2, 0.25) is 0 Å². The first-order valence-electron chi connectivity index (χ1n) is 6.14. The van der Waals surface area contributed by atoms with E-state index in [0.29, 0.717) is 30.0 Å². The Morgan fingerprint density at radius 2 is 2.37 bits per heavy atom. The quantitative estimate of drug-likeness (QED) is 0.792. The maximum absolute atomic E-state index is 11.2. The van der Waals surface area contributed by atoms with Gasteiger partial charge in [0.05, 0.1) is 17.1 Å². The molecule has 0 spiro atoms. The molecule has 1 aliphatic heterocycles. The number of rotatable bonds is 1. The number of benzene rings is 1. The van der Waals surface area contributed by atoms with Crippen LogP contribution in [0, 0.1) is 11.3 Å². The maximum atomic E-state index is 11.2. The Hall–Kier alpha value is -2.55. The van der Waals surface area contributed by atoms with Gasteiger partial charge in [-0.2, -0.15) is 5.26 Å². The summed E-state index contributed by atoms with van der Waals surface area (Å²) in [7, 11) is 0. The Kier molecular flexibility index (Phi) is 2.60. The SMILES string of the molecule is N#Cc1cccc2c1nc(N)n2C1CCC(=O)NC1. The monoisotopic (exact) mass is 255 g/mol. The number of nitriles is 1. The van der Waals surface area contributed by atoms with Gasteiger partial charge >= 0.3 is 0 Å². The molecule has 1 fully saturated rings. The highest BCUT2D eigenvalue weighted by molar-refractivity contribution is 5.84. The van der Waals surface area contributed by atoms with Gasteiger partial charge in [0.2, 0.25) is 11.9 Å². The van der Waals surface area contributed by atoms with E-state index >= 15 is 0 Å². The largest absolute Gasteiger partial charge is 0.369 e. The summed E-state index contributed by atoms with van der Waals surface area (Å²) in [6.45, 7) is 0.547. The molecule has 96 valence electrons. The number of carbonyl (C=O) groups is 1. The molecule has 2 heterocycles. The van der Waals surface area contributed by atoms with Gasteiger partial charge in [0.15, 0.2) is 0 Å². The molecule has 0 bridgehead atoms. The summed E-state index contributed by atoms with van der Waals surface area (Å²) in [6.07, 6.45) is 1.22. The van der Waals surface area contributed by atoms with Crippen molar-refractivity contribution >= 4 is 22.9 Å². The fraction of sp³-hybridized carbons (Fsp3) is 0.308. The number of hydrogen-bond donors (Lipinski definition) is 2.